The van der Waals surface area contributed by atoms with Crippen LogP contribution in [-0.4, -0.2) is 27.5 Å². The molecular formula is C26H44O4Si. The Balaban J connectivity index is 2.50. The highest BCUT2D eigenvalue weighted by atomic mass is 28.4. The topological polar surface area (TPSA) is 44.8 Å². The number of esters is 1. The minimum Gasteiger partial charge on any atom is -0.497 e. The summed E-state index contributed by atoms with van der Waals surface area (Å²) in [6, 6.07) is 7.57. The molecule has 0 saturated carbocycles. The van der Waals surface area contributed by atoms with Gasteiger partial charge >= 0.3 is 5.97 Å². The molecule has 0 aliphatic carbocycles. The van der Waals surface area contributed by atoms with Crippen molar-refractivity contribution in [2.45, 2.75) is 92.2 Å². The molecule has 0 saturated heterocycles. The molecule has 1 rings (SSSR count). The predicted octanol–water partition coefficient (Wildman–Crippen LogP) is 7.15. The molecule has 1 aromatic rings. The minimum absolute atomic E-state index is 0.161. The molecule has 0 aromatic heterocycles. The lowest BCUT2D eigenvalue weighted by Crippen LogP contribution is -2.43. The van der Waals surface area contributed by atoms with Crippen LogP contribution in [0.2, 0.25) is 18.1 Å². The number of allylic oxidation sites excluding steroid dienone is 2. The van der Waals surface area contributed by atoms with E-state index in [1.165, 1.54) is 5.57 Å². The molecule has 31 heavy (non-hydrogen) atoms. The monoisotopic (exact) mass is 448 g/mol. The summed E-state index contributed by atoms with van der Waals surface area (Å²) in [4.78, 5) is 12.4. The molecule has 0 N–H and O–H groups in total. The molecule has 0 amide bonds. The maximum absolute atomic E-state index is 12.4. The molecule has 0 bridgehead atoms. The van der Waals surface area contributed by atoms with Crippen LogP contribution in [-0.2, 0) is 20.6 Å². The van der Waals surface area contributed by atoms with E-state index in [0.29, 0.717) is 12.3 Å². The molecule has 0 unspecified atom stereocenters. The third kappa shape index (κ3) is 9.61. The molecular weight excluding hydrogens is 404 g/mol. The van der Waals surface area contributed by atoms with Gasteiger partial charge in [-0.25, -0.2) is 0 Å². The van der Waals surface area contributed by atoms with E-state index < -0.39 is 8.32 Å². The van der Waals surface area contributed by atoms with E-state index in [1.807, 2.05) is 31.2 Å². The van der Waals surface area contributed by atoms with Crippen LogP contribution >= 0.6 is 0 Å². The largest absolute Gasteiger partial charge is 0.497 e. The van der Waals surface area contributed by atoms with Gasteiger partial charge in [0.1, 0.15) is 12.4 Å². The van der Waals surface area contributed by atoms with Crippen LogP contribution in [0.3, 0.4) is 0 Å². The van der Waals surface area contributed by atoms with Crippen LogP contribution in [0, 0.1) is 11.8 Å². The highest BCUT2D eigenvalue weighted by molar-refractivity contribution is 6.74. The Kier molecular flexibility index (Phi) is 10.5. The first-order chi connectivity index (χ1) is 14.2. The van der Waals surface area contributed by atoms with Gasteiger partial charge in [-0.2, -0.15) is 0 Å². The van der Waals surface area contributed by atoms with Crippen molar-refractivity contribution in [1.82, 2.24) is 0 Å². The summed E-state index contributed by atoms with van der Waals surface area (Å²) in [5, 5.41) is 0.220. The standard InChI is InChI=1S/C26H44O4Si/c1-19(15-20(2)17-22(4)30-31(9,10)26(5,6)7)16-21(3)25(27)29-18-23-11-13-24(28-8)14-12-23/h11-15,20-22H,16-18H2,1-10H3/b19-15+/t20-,21-,22-/m0/s1. The van der Waals surface area contributed by atoms with Gasteiger partial charge in [0.15, 0.2) is 8.32 Å². The summed E-state index contributed by atoms with van der Waals surface area (Å²) in [6.45, 7) is 20.1. The van der Waals surface area contributed by atoms with Crippen molar-refractivity contribution in [3.63, 3.8) is 0 Å². The molecule has 0 spiro atoms. The highest BCUT2D eigenvalue weighted by Crippen LogP contribution is 2.38. The van der Waals surface area contributed by atoms with E-state index >= 15 is 0 Å². The Bertz CT molecular complexity index is 716. The van der Waals surface area contributed by atoms with E-state index in [0.717, 1.165) is 17.7 Å². The van der Waals surface area contributed by atoms with Crippen LogP contribution in [0.15, 0.2) is 35.9 Å². The van der Waals surface area contributed by atoms with E-state index in [2.05, 4.69) is 60.7 Å². The average molecular weight is 449 g/mol. The van der Waals surface area contributed by atoms with E-state index in [1.54, 1.807) is 7.11 Å². The Hall–Kier alpha value is -1.59. The average Bonchev–Trinajstić information content (AvgIpc) is 2.64. The van der Waals surface area contributed by atoms with Crippen LogP contribution in [0.1, 0.15) is 66.9 Å². The molecule has 0 fully saturated rings. The fourth-order valence-corrected chi connectivity index (χ4v) is 4.91. The number of benzene rings is 1. The Morgan fingerprint density at radius 2 is 1.68 bits per heavy atom. The van der Waals surface area contributed by atoms with Gasteiger partial charge in [-0.3, -0.25) is 4.79 Å². The Morgan fingerprint density at radius 3 is 2.19 bits per heavy atom. The molecule has 4 nitrogen and oxygen atoms in total. The maximum Gasteiger partial charge on any atom is 0.309 e. The number of carbonyl (C=O) groups is 1. The van der Waals surface area contributed by atoms with Gasteiger partial charge in [0.25, 0.3) is 0 Å². The van der Waals surface area contributed by atoms with Gasteiger partial charge in [-0.1, -0.05) is 58.4 Å². The number of carbonyl (C=O) groups excluding carboxylic acids is 1. The number of ether oxygens (including phenoxy) is 2. The molecule has 176 valence electrons. The Labute approximate surface area is 191 Å². The zero-order chi connectivity index (χ0) is 23.8. The lowest BCUT2D eigenvalue weighted by Gasteiger charge is -2.38. The van der Waals surface area contributed by atoms with Crippen molar-refractivity contribution in [3.05, 3.63) is 41.5 Å². The van der Waals surface area contributed by atoms with Crippen molar-refractivity contribution < 1.29 is 18.7 Å². The molecule has 1 aromatic carbocycles. The van der Waals surface area contributed by atoms with Gasteiger partial charge in [-0.05, 0) is 68.4 Å². The quantitative estimate of drug-likeness (QED) is 0.205. The van der Waals surface area contributed by atoms with E-state index in [4.69, 9.17) is 13.9 Å². The lowest BCUT2D eigenvalue weighted by molar-refractivity contribution is -0.149. The first-order valence-corrected chi connectivity index (χ1v) is 14.3. The first-order valence-electron chi connectivity index (χ1n) is 11.4. The third-order valence-electron chi connectivity index (χ3n) is 6.15. The summed E-state index contributed by atoms with van der Waals surface area (Å²) < 4.78 is 17.1. The summed E-state index contributed by atoms with van der Waals surface area (Å²) >= 11 is 0. The molecule has 0 aliphatic rings. The van der Waals surface area contributed by atoms with E-state index in [9.17, 15) is 4.79 Å². The zero-order valence-corrected chi connectivity index (χ0v) is 22.4. The predicted molar refractivity (Wildman–Crippen MR) is 132 cm³/mol. The number of methoxy groups -OCH3 is 1. The second kappa shape index (κ2) is 11.9. The van der Waals surface area contributed by atoms with Gasteiger partial charge in [0, 0.05) is 6.10 Å². The minimum atomic E-state index is -1.75. The first kappa shape index (κ1) is 27.4. The van der Waals surface area contributed by atoms with Crippen molar-refractivity contribution in [1.29, 1.82) is 0 Å². The smallest absolute Gasteiger partial charge is 0.309 e. The number of hydrogen-bond donors (Lipinski definition) is 0. The molecule has 5 heteroatoms. The second-order valence-electron chi connectivity index (χ2n) is 10.5. The Morgan fingerprint density at radius 1 is 1.10 bits per heavy atom. The highest BCUT2D eigenvalue weighted by Gasteiger charge is 2.38. The van der Waals surface area contributed by atoms with Gasteiger partial charge in [-0.15, -0.1) is 0 Å². The summed E-state index contributed by atoms with van der Waals surface area (Å²) in [6.07, 6.45) is 4.20. The van der Waals surface area contributed by atoms with Gasteiger partial charge < -0.3 is 13.9 Å². The SMILES string of the molecule is COc1ccc(COC(=O)[C@@H](C)C/C(C)=C/[C@H](C)C[C@H](C)O[Si](C)(C)C(C)(C)C)cc1. The molecule has 3 atom stereocenters. The van der Waals surface area contributed by atoms with Crippen LogP contribution in [0.25, 0.3) is 0 Å². The fourth-order valence-electron chi connectivity index (χ4n) is 3.46. The summed E-state index contributed by atoms with van der Waals surface area (Å²) in [5.74, 6) is 0.873. The molecule has 0 aliphatic heterocycles. The van der Waals surface area contributed by atoms with Crippen LogP contribution in [0.4, 0.5) is 0 Å². The fraction of sp³-hybridized carbons (Fsp3) is 0.654. The second-order valence-corrected chi connectivity index (χ2v) is 15.2. The number of rotatable bonds is 11. The zero-order valence-electron chi connectivity index (χ0n) is 21.4. The van der Waals surface area contributed by atoms with Crippen molar-refractivity contribution in [2.24, 2.45) is 11.8 Å². The van der Waals surface area contributed by atoms with Crippen molar-refractivity contribution in [2.75, 3.05) is 7.11 Å². The normalized spacial score (nSPS) is 15.9. The van der Waals surface area contributed by atoms with Gasteiger partial charge in [0.2, 0.25) is 0 Å². The maximum atomic E-state index is 12.4. The van der Waals surface area contributed by atoms with Crippen molar-refractivity contribution >= 4 is 14.3 Å². The third-order valence-corrected chi connectivity index (χ3v) is 10.7. The van der Waals surface area contributed by atoms with Crippen LogP contribution in [0.5, 0.6) is 5.75 Å². The summed E-state index contributed by atoms with van der Waals surface area (Å²) in [7, 11) is -0.113. The molecule has 0 radical (unpaired) electrons. The number of hydrogen-bond acceptors (Lipinski definition) is 4. The lowest BCUT2D eigenvalue weighted by atomic mass is 9.96. The summed E-state index contributed by atoms with van der Waals surface area (Å²) in [5.41, 5.74) is 2.18. The van der Waals surface area contributed by atoms with Crippen molar-refractivity contribution in [3.8, 4) is 5.75 Å². The van der Waals surface area contributed by atoms with E-state index in [-0.39, 0.29) is 29.6 Å². The van der Waals surface area contributed by atoms with Crippen LogP contribution < -0.4 is 4.74 Å². The molecule has 0 heterocycles. The van der Waals surface area contributed by atoms with Gasteiger partial charge in [0.05, 0.1) is 13.0 Å².